The number of nitrogens with zero attached hydrogens (tertiary/aromatic N) is 1. The Morgan fingerprint density at radius 1 is 1.35 bits per heavy atom. The van der Waals surface area contributed by atoms with Crippen LogP contribution in [0.3, 0.4) is 0 Å². The molecular weight excluding hydrogens is 353 g/mol. The summed E-state index contributed by atoms with van der Waals surface area (Å²) in [6.07, 6.45) is 0. The van der Waals surface area contributed by atoms with Crippen LogP contribution in [0.2, 0.25) is 5.02 Å². The molecule has 0 radical (unpaired) electrons. The van der Waals surface area contributed by atoms with E-state index in [-0.39, 0.29) is 22.2 Å². The monoisotopic (exact) mass is 359 g/mol. The second-order valence-corrected chi connectivity index (χ2v) is 4.80. The number of rotatable bonds is 4. The first-order chi connectivity index (χ1) is 9.52. The van der Waals surface area contributed by atoms with Crippen molar-refractivity contribution in [1.29, 1.82) is 0 Å². The van der Waals surface area contributed by atoms with Gasteiger partial charge in [-0.3, -0.25) is 10.1 Å². The van der Waals surface area contributed by atoms with Gasteiger partial charge in [-0.25, -0.2) is 4.39 Å². The molecule has 20 heavy (non-hydrogen) atoms. The standard InChI is InChI=1S/C13H8BrClFNO3/c14-7-8-2-1-3-11(16)13(8)20-12-6-9(17(18)19)4-5-10(12)15/h1-6H,7H2. The zero-order chi connectivity index (χ0) is 14.7. The smallest absolute Gasteiger partial charge is 0.273 e. The van der Waals surface area contributed by atoms with E-state index in [1.54, 1.807) is 12.1 Å². The summed E-state index contributed by atoms with van der Waals surface area (Å²) in [6.45, 7) is 0. The topological polar surface area (TPSA) is 52.4 Å². The number of para-hydroxylation sites is 1. The summed E-state index contributed by atoms with van der Waals surface area (Å²) < 4.78 is 19.2. The zero-order valence-electron chi connectivity index (χ0n) is 9.98. The predicted molar refractivity (Wildman–Crippen MR) is 77.2 cm³/mol. The van der Waals surface area contributed by atoms with Gasteiger partial charge in [-0.1, -0.05) is 39.7 Å². The van der Waals surface area contributed by atoms with E-state index in [0.717, 1.165) is 6.07 Å². The SMILES string of the molecule is O=[N+]([O-])c1ccc(Cl)c(Oc2c(F)cccc2CBr)c1. The van der Waals surface area contributed by atoms with Crippen molar-refractivity contribution in [2.75, 3.05) is 0 Å². The second kappa shape index (κ2) is 6.19. The second-order valence-electron chi connectivity index (χ2n) is 3.84. The van der Waals surface area contributed by atoms with Crippen molar-refractivity contribution in [2.24, 2.45) is 0 Å². The van der Waals surface area contributed by atoms with E-state index in [0.29, 0.717) is 10.9 Å². The van der Waals surface area contributed by atoms with E-state index in [9.17, 15) is 14.5 Å². The number of non-ortho nitro benzene ring substituents is 1. The van der Waals surface area contributed by atoms with Crippen molar-refractivity contribution in [3.05, 3.63) is 62.9 Å². The Bertz CT molecular complexity index is 666. The van der Waals surface area contributed by atoms with Gasteiger partial charge in [-0.2, -0.15) is 0 Å². The van der Waals surface area contributed by atoms with Crippen molar-refractivity contribution in [3.63, 3.8) is 0 Å². The lowest BCUT2D eigenvalue weighted by Gasteiger charge is -2.11. The van der Waals surface area contributed by atoms with Gasteiger partial charge in [0.15, 0.2) is 17.3 Å². The fourth-order valence-corrected chi connectivity index (χ4v) is 2.16. The molecule has 104 valence electrons. The van der Waals surface area contributed by atoms with Crippen LogP contribution in [0, 0.1) is 15.9 Å². The first-order valence-corrected chi connectivity index (χ1v) is 6.98. The maximum atomic E-state index is 13.8. The van der Waals surface area contributed by atoms with Crippen LogP contribution < -0.4 is 4.74 Å². The fourth-order valence-electron chi connectivity index (χ4n) is 1.57. The summed E-state index contributed by atoms with van der Waals surface area (Å²) in [5, 5.41) is 11.3. The molecule has 0 heterocycles. The Balaban J connectivity index is 2.44. The number of halogens is 3. The van der Waals surface area contributed by atoms with Crippen LogP contribution >= 0.6 is 27.5 Å². The van der Waals surface area contributed by atoms with Gasteiger partial charge in [0.25, 0.3) is 5.69 Å². The quantitative estimate of drug-likeness (QED) is 0.434. The Morgan fingerprint density at radius 3 is 2.75 bits per heavy atom. The predicted octanol–water partition coefficient (Wildman–Crippen LogP) is 5.07. The summed E-state index contributed by atoms with van der Waals surface area (Å²) >= 11 is 9.14. The fraction of sp³-hybridized carbons (Fsp3) is 0.0769. The summed E-state index contributed by atoms with van der Waals surface area (Å²) in [6, 6.07) is 8.22. The number of nitro groups is 1. The van der Waals surface area contributed by atoms with Gasteiger partial charge in [0.1, 0.15) is 0 Å². The maximum absolute atomic E-state index is 13.8. The minimum atomic E-state index is -0.573. The molecule has 2 rings (SSSR count). The third kappa shape index (κ3) is 3.08. The molecule has 0 spiro atoms. The van der Waals surface area contributed by atoms with Crippen molar-refractivity contribution >= 4 is 33.2 Å². The van der Waals surface area contributed by atoms with Crippen molar-refractivity contribution < 1.29 is 14.1 Å². The van der Waals surface area contributed by atoms with Crippen LogP contribution in [0.15, 0.2) is 36.4 Å². The maximum Gasteiger partial charge on any atom is 0.273 e. The summed E-state index contributed by atoms with van der Waals surface area (Å²) in [7, 11) is 0. The average molecular weight is 361 g/mol. The number of alkyl halides is 1. The van der Waals surface area contributed by atoms with E-state index in [4.69, 9.17) is 16.3 Å². The lowest BCUT2D eigenvalue weighted by atomic mass is 10.2. The molecule has 0 saturated heterocycles. The molecule has 4 nitrogen and oxygen atoms in total. The molecule has 0 atom stereocenters. The number of hydrogen-bond donors (Lipinski definition) is 0. The highest BCUT2D eigenvalue weighted by Gasteiger charge is 2.15. The molecule has 0 aromatic heterocycles. The average Bonchev–Trinajstić information content (AvgIpc) is 2.42. The van der Waals surface area contributed by atoms with Crippen molar-refractivity contribution in [2.45, 2.75) is 5.33 Å². The normalized spacial score (nSPS) is 10.3. The molecule has 0 fully saturated rings. The van der Waals surface area contributed by atoms with E-state index >= 15 is 0 Å². The highest BCUT2D eigenvalue weighted by molar-refractivity contribution is 9.08. The first-order valence-electron chi connectivity index (χ1n) is 5.48. The van der Waals surface area contributed by atoms with Gasteiger partial charge in [-0.15, -0.1) is 0 Å². The molecule has 7 heteroatoms. The molecule has 0 unspecified atom stereocenters. The highest BCUT2D eigenvalue weighted by Crippen LogP contribution is 2.35. The number of hydrogen-bond acceptors (Lipinski definition) is 3. The van der Waals surface area contributed by atoms with Crippen LogP contribution in [0.4, 0.5) is 10.1 Å². The summed E-state index contributed by atoms with van der Waals surface area (Å²) in [5.74, 6) is -0.538. The van der Waals surface area contributed by atoms with Crippen LogP contribution in [0.25, 0.3) is 0 Å². The van der Waals surface area contributed by atoms with Crippen molar-refractivity contribution in [1.82, 2.24) is 0 Å². The first kappa shape index (κ1) is 14.7. The van der Waals surface area contributed by atoms with Crippen molar-refractivity contribution in [3.8, 4) is 11.5 Å². The largest absolute Gasteiger partial charge is 0.452 e. The Labute approximate surface area is 127 Å². The van der Waals surface area contributed by atoms with Gasteiger partial charge in [0, 0.05) is 17.0 Å². The molecule has 0 aliphatic heterocycles. The number of benzene rings is 2. The lowest BCUT2D eigenvalue weighted by molar-refractivity contribution is -0.384. The molecule has 0 aliphatic rings. The molecular formula is C13H8BrClFNO3. The van der Waals surface area contributed by atoms with E-state index < -0.39 is 10.7 Å². The van der Waals surface area contributed by atoms with Gasteiger partial charge >= 0.3 is 0 Å². The van der Waals surface area contributed by atoms with Gasteiger partial charge in [-0.05, 0) is 12.1 Å². The molecule has 0 aliphatic carbocycles. The molecule has 0 amide bonds. The molecule has 2 aromatic rings. The van der Waals surface area contributed by atoms with Crippen LogP contribution in [0.5, 0.6) is 11.5 Å². The summed E-state index contributed by atoms with van der Waals surface area (Å²) in [4.78, 5) is 10.2. The van der Waals surface area contributed by atoms with Crippen LogP contribution in [-0.4, -0.2) is 4.92 Å². The molecule has 0 saturated carbocycles. The number of nitro benzene ring substituents is 1. The van der Waals surface area contributed by atoms with Gasteiger partial charge in [0.05, 0.1) is 16.0 Å². The minimum Gasteiger partial charge on any atom is -0.452 e. The Kier molecular flexibility index (Phi) is 4.57. The van der Waals surface area contributed by atoms with Gasteiger partial charge < -0.3 is 4.74 Å². The Morgan fingerprint density at radius 2 is 2.10 bits per heavy atom. The van der Waals surface area contributed by atoms with E-state index in [2.05, 4.69) is 15.9 Å². The summed E-state index contributed by atoms with van der Waals surface area (Å²) in [5.41, 5.74) is 0.397. The van der Waals surface area contributed by atoms with Crippen LogP contribution in [0.1, 0.15) is 5.56 Å². The molecule has 0 N–H and O–H groups in total. The third-order valence-corrected chi connectivity index (χ3v) is 3.45. The third-order valence-electron chi connectivity index (χ3n) is 2.53. The highest BCUT2D eigenvalue weighted by atomic mass is 79.9. The van der Waals surface area contributed by atoms with Crippen LogP contribution in [-0.2, 0) is 5.33 Å². The minimum absolute atomic E-state index is 0.00762. The Hall–Kier alpha value is -1.66. The lowest BCUT2D eigenvalue weighted by Crippen LogP contribution is -1.95. The van der Waals surface area contributed by atoms with E-state index in [1.165, 1.54) is 18.2 Å². The van der Waals surface area contributed by atoms with Gasteiger partial charge in [0.2, 0.25) is 0 Å². The zero-order valence-corrected chi connectivity index (χ0v) is 12.3. The molecule has 0 bridgehead atoms. The van der Waals surface area contributed by atoms with E-state index in [1.807, 2.05) is 0 Å². The molecule has 2 aromatic carbocycles. The number of ether oxygens (including phenoxy) is 1.